The smallest absolute Gasteiger partial charge is 0.258 e. The highest BCUT2D eigenvalue weighted by Gasteiger charge is 2.32. The molecule has 1 aromatic heterocycles. The van der Waals surface area contributed by atoms with Crippen LogP contribution in [0, 0.1) is 13.8 Å². The van der Waals surface area contributed by atoms with Crippen LogP contribution in [0.25, 0.3) is 10.9 Å². The Labute approximate surface area is 170 Å². The standard InChI is InChI=1S/C23H26N4O2/c1-15-8-11-19-18(12-15)23(29)25-21(24-19)13-27(17-9-10-17)14-22(28)26(3)20-7-5-4-6-16(20)2/h4-8,11-12,17H,9-10,13-14H2,1-3H3,(H,24,25,29). The summed E-state index contributed by atoms with van der Waals surface area (Å²) in [5.41, 5.74) is 3.57. The maximum Gasteiger partial charge on any atom is 0.258 e. The minimum atomic E-state index is -0.132. The van der Waals surface area contributed by atoms with E-state index in [2.05, 4.69) is 14.9 Å². The average molecular weight is 390 g/mol. The molecule has 1 aliphatic carbocycles. The van der Waals surface area contributed by atoms with E-state index >= 15 is 0 Å². The third-order valence-electron chi connectivity index (χ3n) is 5.52. The highest BCUT2D eigenvalue weighted by atomic mass is 16.2. The molecule has 1 heterocycles. The molecule has 1 amide bonds. The normalized spacial score (nSPS) is 13.8. The summed E-state index contributed by atoms with van der Waals surface area (Å²) in [6, 6.07) is 13.9. The van der Waals surface area contributed by atoms with Crippen molar-refractivity contribution in [2.24, 2.45) is 0 Å². The summed E-state index contributed by atoms with van der Waals surface area (Å²) in [5, 5.41) is 0.599. The van der Waals surface area contributed by atoms with Gasteiger partial charge >= 0.3 is 0 Å². The van der Waals surface area contributed by atoms with Crippen LogP contribution in [-0.2, 0) is 11.3 Å². The number of hydrogen-bond donors (Lipinski definition) is 1. The summed E-state index contributed by atoms with van der Waals surface area (Å²) >= 11 is 0. The number of likely N-dealkylation sites (N-methyl/N-ethyl adjacent to an activating group) is 1. The van der Waals surface area contributed by atoms with E-state index in [0.717, 1.165) is 29.7 Å². The van der Waals surface area contributed by atoms with Crippen molar-refractivity contribution >= 4 is 22.5 Å². The number of nitrogens with zero attached hydrogens (tertiary/aromatic N) is 3. The van der Waals surface area contributed by atoms with Crippen molar-refractivity contribution in [1.82, 2.24) is 14.9 Å². The number of rotatable bonds is 6. The number of nitrogens with one attached hydrogen (secondary N) is 1. The van der Waals surface area contributed by atoms with Crippen LogP contribution in [0.1, 0.15) is 29.8 Å². The van der Waals surface area contributed by atoms with Gasteiger partial charge in [-0.1, -0.05) is 29.8 Å². The first-order chi connectivity index (χ1) is 13.9. The molecule has 29 heavy (non-hydrogen) atoms. The Balaban J connectivity index is 1.54. The van der Waals surface area contributed by atoms with Crippen molar-refractivity contribution in [3.05, 3.63) is 69.8 Å². The number of carbonyl (C=O) groups is 1. The number of para-hydroxylation sites is 1. The molecule has 0 bridgehead atoms. The number of carbonyl (C=O) groups excluding carboxylic acids is 1. The average Bonchev–Trinajstić information content (AvgIpc) is 3.53. The molecule has 3 aromatic rings. The molecule has 1 saturated carbocycles. The second kappa shape index (κ2) is 7.79. The molecule has 6 nitrogen and oxygen atoms in total. The SMILES string of the molecule is Cc1ccc2nc(CN(CC(=O)N(C)c3ccccc3C)C3CC3)[nH]c(=O)c2c1. The first-order valence-corrected chi connectivity index (χ1v) is 9.98. The molecule has 0 aliphatic heterocycles. The van der Waals surface area contributed by atoms with Gasteiger partial charge in [-0.3, -0.25) is 14.5 Å². The van der Waals surface area contributed by atoms with Crippen LogP contribution in [0.2, 0.25) is 0 Å². The van der Waals surface area contributed by atoms with Gasteiger partial charge < -0.3 is 9.88 Å². The first-order valence-electron chi connectivity index (χ1n) is 9.98. The number of H-pyrrole nitrogens is 1. The Kier molecular flexibility index (Phi) is 5.20. The van der Waals surface area contributed by atoms with E-state index in [9.17, 15) is 9.59 Å². The first kappa shape index (κ1) is 19.3. The maximum atomic E-state index is 12.9. The van der Waals surface area contributed by atoms with Gasteiger partial charge in [0, 0.05) is 18.8 Å². The summed E-state index contributed by atoms with van der Waals surface area (Å²) < 4.78 is 0. The maximum absolute atomic E-state index is 12.9. The molecular weight excluding hydrogens is 364 g/mol. The lowest BCUT2D eigenvalue weighted by atomic mass is 10.2. The molecule has 1 N–H and O–H groups in total. The third-order valence-corrected chi connectivity index (χ3v) is 5.52. The number of fused-ring (bicyclic) bond motifs is 1. The highest BCUT2D eigenvalue weighted by molar-refractivity contribution is 5.95. The van der Waals surface area contributed by atoms with Crippen molar-refractivity contribution in [2.45, 2.75) is 39.3 Å². The van der Waals surface area contributed by atoms with Crippen molar-refractivity contribution in [3.8, 4) is 0 Å². The van der Waals surface area contributed by atoms with Gasteiger partial charge in [0.25, 0.3) is 5.56 Å². The van der Waals surface area contributed by atoms with E-state index in [-0.39, 0.29) is 11.5 Å². The predicted octanol–water partition coefficient (Wildman–Crippen LogP) is 3.17. The molecule has 2 aromatic carbocycles. The largest absolute Gasteiger partial charge is 0.314 e. The molecule has 0 saturated heterocycles. The van der Waals surface area contributed by atoms with Gasteiger partial charge in [0.05, 0.1) is 24.0 Å². The lowest BCUT2D eigenvalue weighted by Gasteiger charge is -2.25. The zero-order valence-corrected chi connectivity index (χ0v) is 17.1. The fraction of sp³-hybridized carbons (Fsp3) is 0.348. The van der Waals surface area contributed by atoms with Gasteiger partial charge in [0.2, 0.25) is 5.91 Å². The van der Waals surface area contributed by atoms with E-state index in [0.29, 0.717) is 35.9 Å². The number of amides is 1. The van der Waals surface area contributed by atoms with E-state index in [1.54, 1.807) is 4.90 Å². The number of aromatic nitrogens is 2. The Hall–Kier alpha value is -2.99. The Morgan fingerprint density at radius 3 is 2.66 bits per heavy atom. The summed E-state index contributed by atoms with van der Waals surface area (Å²) in [6.45, 7) is 4.71. The zero-order chi connectivity index (χ0) is 20.5. The van der Waals surface area contributed by atoms with Crippen molar-refractivity contribution < 1.29 is 4.79 Å². The molecule has 0 radical (unpaired) electrons. The summed E-state index contributed by atoms with van der Waals surface area (Å²) in [5.74, 6) is 0.634. The number of hydrogen-bond acceptors (Lipinski definition) is 4. The van der Waals surface area contributed by atoms with Gasteiger partial charge in [-0.25, -0.2) is 4.98 Å². The monoisotopic (exact) mass is 390 g/mol. The van der Waals surface area contributed by atoms with E-state index in [1.165, 1.54) is 0 Å². The molecule has 0 atom stereocenters. The van der Waals surface area contributed by atoms with E-state index < -0.39 is 0 Å². The van der Waals surface area contributed by atoms with Gasteiger partial charge in [0.1, 0.15) is 5.82 Å². The molecule has 0 unspecified atom stereocenters. The number of aromatic amines is 1. The van der Waals surface area contributed by atoms with Crippen molar-refractivity contribution in [1.29, 1.82) is 0 Å². The van der Waals surface area contributed by atoms with Crippen LogP contribution in [-0.4, -0.2) is 40.4 Å². The fourth-order valence-corrected chi connectivity index (χ4v) is 3.68. The quantitative estimate of drug-likeness (QED) is 0.702. The van der Waals surface area contributed by atoms with Crippen molar-refractivity contribution in [2.75, 3.05) is 18.5 Å². The predicted molar refractivity (Wildman–Crippen MR) is 115 cm³/mol. The van der Waals surface area contributed by atoms with Gasteiger partial charge in [-0.05, 0) is 50.5 Å². The van der Waals surface area contributed by atoms with Gasteiger partial charge in [-0.15, -0.1) is 0 Å². The molecular formula is C23H26N4O2. The van der Waals surface area contributed by atoms with E-state index in [1.807, 2.05) is 63.4 Å². The van der Waals surface area contributed by atoms with Crippen molar-refractivity contribution in [3.63, 3.8) is 0 Å². The van der Waals surface area contributed by atoms with Crippen LogP contribution >= 0.6 is 0 Å². The van der Waals surface area contributed by atoms with Crippen LogP contribution < -0.4 is 10.5 Å². The molecule has 4 rings (SSSR count). The van der Waals surface area contributed by atoms with Crippen LogP contribution in [0.5, 0.6) is 0 Å². The number of benzene rings is 2. The summed E-state index contributed by atoms with van der Waals surface area (Å²) in [6.07, 6.45) is 2.14. The summed E-state index contributed by atoms with van der Waals surface area (Å²) in [4.78, 5) is 36.8. The molecule has 0 spiro atoms. The molecule has 150 valence electrons. The molecule has 6 heteroatoms. The number of anilines is 1. The van der Waals surface area contributed by atoms with E-state index in [4.69, 9.17) is 0 Å². The lowest BCUT2D eigenvalue weighted by Crippen LogP contribution is -2.40. The number of aryl methyl sites for hydroxylation is 2. The molecule has 1 fully saturated rings. The third kappa shape index (κ3) is 4.22. The minimum Gasteiger partial charge on any atom is -0.314 e. The second-order valence-corrected chi connectivity index (χ2v) is 7.91. The molecule has 1 aliphatic rings. The lowest BCUT2D eigenvalue weighted by molar-refractivity contribution is -0.119. The Morgan fingerprint density at radius 2 is 1.93 bits per heavy atom. The fourth-order valence-electron chi connectivity index (χ4n) is 3.68. The summed E-state index contributed by atoms with van der Waals surface area (Å²) in [7, 11) is 1.81. The Bertz CT molecular complexity index is 1120. The van der Waals surface area contributed by atoms with Gasteiger partial charge in [-0.2, -0.15) is 0 Å². The Morgan fingerprint density at radius 1 is 1.17 bits per heavy atom. The van der Waals surface area contributed by atoms with Crippen LogP contribution in [0.3, 0.4) is 0 Å². The van der Waals surface area contributed by atoms with Crippen LogP contribution in [0.4, 0.5) is 5.69 Å². The zero-order valence-electron chi connectivity index (χ0n) is 17.1. The highest BCUT2D eigenvalue weighted by Crippen LogP contribution is 2.28. The second-order valence-electron chi connectivity index (χ2n) is 7.91. The minimum absolute atomic E-state index is 0.0324. The van der Waals surface area contributed by atoms with Crippen LogP contribution in [0.15, 0.2) is 47.3 Å². The topological polar surface area (TPSA) is 69.3 Å². The van der Waals surface area contributed by atoms with Gasteiger partial charge in [0.15, 0.2) is 0 Å².